The van der Waals surface area contributed by atoms with Crippen molar-refractivity contribution in [3.8, 4) is 10.8 Å². The minimum absolute atomic E-state index is 0.128. The van der Waals surface area contributed by atoms with E-state index in [0.717, 1.165) is 4.88 Å². The first-order valence-electron chi connectivity index (χ1n) is 8.48. The Morgan fingerprint density at radius 3 is 2.65 bits per heavy atom. The van der Waals surface area contributed by atoms with Crippen molar-refractivity contribution in [2.24, 2.45) is 0 Å². The summed E-state index contributed by atoms with van der Waals surface area (Å²) >= 11 is 1.54. The Kier molecular flexibility index (Phi) is 6.79. The van der Waals surface area contributed by atoms with Crippen LogP contribution in [0.5, 0.6) is 0 Å². The Morgan fingerprint density at radius 2 is 2.00 bits per heavy atom. The average Bonchev–Trinajstić information content (AvgIpc) is 3.15. The second-order valence-electron chi connectivity index (χ2n) is 6.81. The number of thiophene rings is 1. The van der Waals surface area contributed by atoms with Gasteiger partial charge in [-0.05, 0) is 45.6 Å². The molecular weight excluding hydrogens is 354 g/mol. The van der Waals surface area contributed by atoms with Crippen molar-refractivity contribution in [2.75, 3.05) is 13.1 Å². The van der Waals surface area contributed by atoms with E-state index in [9.17, 15) is 9.59 Å². The highest BCUT2D eigenvalue weighted by atomic mass is 32.1. The fourth-order valence-electron chi connectivity index (χ4n) is 2.13. The van der Waals surface area contributed by atoms with Crippen LogP contribution < -0.4 is 10.6 Å². The fraction of sp³-hybridized carbons (Fsp3) is 0.500. The van der Waals surface area contributed by atoms with Crippen LogP contribution in [0.4, 0.5) is 4.79 Å². The molecule has 2 N–H and O–H groups in total. The summed E-state index contributed by atoms with van der Waals surface area (Å²) in [5, 5.41) is 7.42. The molecule has 2 aromatic rings. The van der Waals surface area contributed by atoms with Crippen LogP contribution in [0.3, 0.4) is 0 Å². The average molecular weight is 379 g/mol. The molecule has 26 heavy (non-hydrogen) atoms. The van der Waals surface area contributed by atoms with E-state index in [1.165, 1.54) is 0 Å². The van der Waals surface area contributed by atoms with Crippen molar-refractivity contribution in [3.05, 3.63) is 29.0 Å². The number of nitrogens with zero attached hydrogens (tertiary/aromatic N) is 1. The highest BCUT2D eigenvalue weighted by molar-refractivity contribution is 7.13. The maximum Gasteiger partial charge on any atom is 0.407 e. The fourth-order valence-corrected chi connectivity index (χ4v) is 2.78. The number of rotatable bonds is 7. The molecular formula is C18H25N3O4S. The van der Waals surface area contributed by atoms with E-state index in [1.807, 2.05) is 38.3 Å². The number of oxazole rings is 1. The normalized spacial score (nSPS) is 11.2. The third-order valence-electron chi connectivity index (χ3n) is 3.30. The predicted molar refractivity (Wildman–Crippen MR) is 100 cm³/mol. The highest BCUT2D eigenvalue weighted by Crippen LogP contribution is 2.25. The molecule has 2 aromatic heterocycles. The Labute approximate surface area is 157 Å². The van der Waals surface area contributed by atoms with Crippen LogP contribution in [0, 0.1) is 6.92 Å². The van der Waals surface area contributed by atoms with Gasteiger partial charge in [0.05, 0.1) is 17.0 Å². The van der Waals surface area contributed by atoms with Crippen molar-refractivity contribution >= 4 is 23.3 Å². The lowest BCUT2D eigenvalue weighted by molar-refractivity contribution is -0.120. The quantitative estimate of drug-likeness (QED) is 0.720. The van der Waals surface area contributed by atoms with Gasteiger partial charge in [0.1, 0.15) is 11.4 Å². The van der Waals surface area contributed by atoms with Gasteiger partial charge in [0.2, 0.25) is 11.8 Å². The van der Waals surface area contributed by atoms with Crippen LogP contribution in [-0.2, 0) is 16.0 Å². The highest BCUT2D eigenvalue weighted by Gasteiger charge is 2.16. The molecule has 0 spiro atoms. The van der Waals surface area contributed by atoms with E-state index in [1.54, 1.807) is 18.3 Å². The summed E-state index contributed by atoms with van der Waals surface area (Å²) < 4.78 is 10.8. The lowest BCUT2D eigenvalue weighted by Gasteiger charge is -2.19. The molecule has 8 heteroatoms. The largest absolute Gasteiger partial charge is 0.444 e. The van der Waals surface area contributed by atoms with Gasteiger partial charge in [-0.1, -0.05) is 6.07 Å². The first-order valence-corrected chi connectivity index (χ1v) is 9.36. The van der Waals surface area contributed by atoms with Crippen molar-refractivity contribution in [1.29, 1.82) is 0 Å². The summed E-state index contributed by atoms with van der Waals surface area (Å²) in [6, 6.07) is 3.86. The second kappa shape index (κ2) is 8.84. The maximum absolute atomic E-state index is 12.0. The van der Waals surface area contributed by atoms with Gasteiger partial charge < -0.3 is 19.8 Å². The lowest BCUT2D eigenvalue weighted by atomic mass is 10.2. The monoisotopic (exact) mass is 379 g/mol. The number of aryl methyl sites for hydroxylation is 1. The molecule has 0 aliphatic heterocycles. The van der Waals surface area contributed by atoms with Crippen molar-refractivity contribution in [1.82, 2.24) is 15.6 Å². The van der Waals surface area contributed by atoms with E-state index >= 15 is 0 Å². The molecule has 0 aliphatic carbocycles. The van der Waals surface area contributed by atoms with Gasteiger partial charge in [-0.15, -0.1) is 11.3 Å². The summed E-state index contributed by atoms with van der Waals surface area (Å²) in [6.07, 6.45) is 0.326. The molecule has 0 unspecified atom stereocenters. The van der Waals surface area contributed by atoms with Gasteiger partial charge in [0.25, 0.3) is 0 Å². The molecule has 2 rings (SSSR count). The number of alkyl carbamates (subject to hydrolysis) is 1. The summed E-state index contributed by atoms with van der Waals surface area (Å²) in [5.41, 5.74) is 0.119. The number of aromatic nitrogens is 1. The number of carbonyl (C=O) groups excluding carboxylic acids is 2. The maximum atomic E-state index is 12.0. The van der Waals surface area contributed by atoms with E-state index < -0.39 is 11.7 Å². The van der Waals surface area contributed by atoms with E-state index in [0.29, 0.717) is 36.9 Å². The van der Waals surface area contributed by atoms with Crippen molar-refractivity contribution in [3.63, 3.8) is 0 Å². The third kappa shape index (κ3) is 6.51. The van der Waals surface area contributed by atoms with Crippen LogP contribution >= 0.6 is 11.3 Å². The van der Waals surface area contributed by atoms with Crippen LogP contribution in [0.1, 0.15) is 38.6 Å². The molecule has 2 amide bonds. The number of hydrogen-bond donors (Lipinski definition) is 2. The Hall–Kier alpha value is -2.35. The molecule has 0 radical (unpaired) electrons. The Balaban J connectivity index is 1.69. The molecule has 0 aliphatic rings. The van der Waals surface area contributed by atoms with E-state index in [-0.39, 0.29) is 12.3 Å². The van der Waals surface area contributed by atoms with Gasteiger partial charge >= 0.3 is 6.09 Å². The minimum atomic E-state index is -0.518. The summed E-state index contributed by atoms with van der Waals surface area (Å²) in [5.74, 6) is 1.06. The minimum Gasteiger partial charge on any atom is -0.444 e. The zero-order valence-corrected chi connectivity index (χ0v) is 16.4. The van der Waals surface area contributed by atoms with Crippen molar-refractivity contribution in [2.45, 2.75) is 46.1 Å². The number of amides is 2. The van der Waals surface area contributed by atoms with Crippen LogP contribution in [-0.4, -0.2) is 35.7 Å². The smallest absolute Gasteiger partial charge is 0.407 e. The van der Waals surface area contributed by atoms with Gasteiger partial charge in [-0.2, -0.15) is 0 Å². The lowest BCUT2D eigenvalue weighted by Crippen LogP contribution is -2.34. The Morgan fingerprint density at radius 1 is 1.27 bits per heavy atom. The van der Waals surface area contributed by atoms with Crippen LogP contribution in [0.15, 0.2) is 21.9 Å². The van der Waals surface area contributed by atoms with Gasteiger partial charge in [-0.25, -0.2) is 9.78 Å². The molecule has 2 heterocycles. The SMILES string of the molecule is Cc1oc(-c2cccs2)nc1CC(=O)NCCCNC(=O)OC(C)(C)C. The molecule has 0 atom stereocenters. The van der Waals surface area contributed by atoms with E-state index in [4.69, 9.17) is 9.15 Å². The zero-order chi connectivity index (χ0) is 19.2. The molecule has 0 saturated heterocycles. The van der Waals surface area contributed by atoms with Gasteiger partial charge in [0.15, 0.2) is 0 Å². The van der Waals surface area contributed by atoms with Gasteiger partial charge in [0, 0.05) is 13.1 Å². The van der Waals surface area contributed by atoms with E-state index in [2.05, 4.69) is 15.6 Å². The Bertz CT molecular complexity index is 732. The molecule has 0 saturated carbocycles. The third-order valence-corrected chi connectivity index (χ3v) is 4.15. The topological polar surface area (TPSA) is 93.5 Å². The van der Waals surface area contributed by atoms with Gasteiger partial charge in [-0.3, -0.25) is 4.79 Å². The predicted octanol–water partition coefficient (Wildman–Crippen LogP) is 3.29. The number of nitrogens with one attached hydrogen (secondary N) is 2. The second-order valence-corrected chi connectivity index (χ2v) is 7.76. The molecule has 0 bridgehead atoms. The van der Waals surface area contributed by atoms with Crippen LogP contribution in [0.25, 0.3) is 10.8 Å². The summed E-state index contributed by atoms with van der Waals surface area (Å²) in [7, 11) is 0. The number of carbonyl (C=O) groups is 2. The zero-order valence-electron chi connectivity index (χ0n) is 15.5. The van der Waals surface area contributed by atoms with Crippen LogP contribution in [0.2, 0.25) is 0 Å². The number of ether oxygens (including phenoxy) is 1. The van der Waals surface area contributed by atoms with Crippen molar-refractivity contribution < 1.29 is 18.7 Å². The molecule has 7 nitrogen and oxygen atoms in total. The molecule has 0 fully saturated rings. The standard InChI is InChI=1S/C18H25N3O4S/c1-12-13(21-16(24-12)14-7-5-10-26-14)11-15(22)19-8-6-9-20-17(23)25-18(2,3)4/h5,7,10H,6,8-9,11H2,1-4H3,(H,19,22)(H,20,23). The molecule has 0 aromatic carbocycles. The summed E-state index contributed by atoms with van der Waals surface area (Å²) in [6.45, 7) is 8.12. The first-order chi connectivity index (χ1) is 12.2. The summed E-state index contributed by atoms with van der Waals surface area (Å²) in [4.78, 5) is 28.9. The first kappa shape index (κ1) is 20.0. The molecule has 142 valence electrons. The number of hydrogen-bond acceptors (Lipinski definition) is 6.